The first-order valence-electron chi connectivity index (χ1n) is 9.02. The zero-order chi connectivity index (χ0) is 21.4. The average Bonchev–Trinajstić information content (AvgIpc) is 3.18. The van der Waals surface area contributed by atoms with Gasteiger partial charge in [0.25, 0.3) is 0 Å². The van der Waals surface area contributed by atoms with E-state index < -0.39 is 16.1 Å². The monoisotopic (exact) mass is 478 g/mol. The second-order valence-electron chi connectivity index (χ2n) is 6.56. The van der Waals surface area contributed by atoms with E-state index in [2.05, 4.69) is 10.0 Å². The van der Waals surface area contributed by atoms with Gasteiger partial charge in [0.2, 0.25) is 15.9 Å². The molecule has 2 atom stereocenters. The van der Waals surface area contributed by atoms with Gasteiger partial charge in [-0.3, -0.25) is 4.79 Å². The number of thioether (sulfide) groups is 1. The Balaban J connectivity index is 2.06. The van der Waals surface area contributed by atoms with Crippen molar-refractivity contribution in [2.45, 2.75) is 43.2 Å². The molecule has 1 aromatic heterocycles. The number of furan rings is 1. The Labute approximate surface area is 185 Å². The molecule has 29 heavy (non-hydrogen) atoms. The maximum absolute atomic E-state index is 12.8. The van der Waals surface area contributed by atoms with Gasteiger partial charge in [-0.15, -0.1) is 0 Å². The van der Waals surface area contributed by atoms with Crippen LogP contribution in [0.15, 0.2) is 45.9 Å². The van der Waals surface area contributed by atoms with Gasteiger partial charge < -0.3 is 9.73 Å². The minimum Gasteiger partial charge on any atom is -0.469 e. The zero-order valence-electron chi connectivity index (χ0n) is 16.2. The first kappa shape index (κ1) is 24.1. The van der Waals surface area contributed by atoms with E-state index in [0.717, 1.165) is 5.76 Å². The Morgan fingerprint density at radius 1 is 1.24 bits per heavy atom. The maximum atomic E-state index is 12.8. The van der Waals surface area contributed by atoms with E-state index in [9.17, 15) is 13.2 Å². The number of hydrogen-bond donors (Lipinski definition) is 2. The molecule has 2 unspecified atom stereocenters. The molecule has 0 radical (unpaired) electrons. The number of carbonyl (C=O) groups excluding carboxylic acids is 1. The molecule has 0 fully saturated rings. The number of nitrogens with one attached hydrogen (secondary N) is 2. The van der Waals surface area contributed by atoms with Crippen molar-refractivity contribution >= 4 is 50.9 Å². The van der Waals surface area contributed by atoms with Gasteiger partial charge in [0.1, 0.15) is 16.7 Å². The van der Waals surface area contributed by atoms with Crippen LogP contribution in [-0.2, 0) is 21.2 Å². The van der Waals surface area contributed by atoms with Gasteiger partial charge in [0, 0.05) is 17.5 Å². The average molecular weight is 479 g/mol. The Morgan fingerprint density at radius 3 is 2.66 bits per heavy atom. The van der Waals surface area contributed by atoms with Crippen molar-refractivity contribution in [1.82, 2.24) is 10.0 Å². The Morgan fingerprint density at radius 2 is 2.00 bits per heavy atom. The molecule has 2 aromatic rings. The van der Waals surface area contributed by atoms with Crippen LogP contribution in [0.3, 0.4) is 0 Å². The number of rotatable bonds is 11. The lowest BCUT2D eigenvalue weighted by Crippen LogP contribution is -2.49. The fourth-order valence-corrected chi connectivity index (χ4v) is 5.11. The topological polar surface area (TPSA) is 88.4 Å². The first-order chi connectivity index (χ1) is 13.7. The molecule has 0 aliphatic rings. The summed E-state index contributed by atoms with van der Waals surface area (Å²) in [6.07, 6.45) is 5.18. The summed E-state index contributed by atoms with van der Waals surface area (Å²) in [7, 11) is -4.02. The van der Waals surface area contributed by atoms with Gasteiger partial charge >= 0.3 is 0 Å². The van der Waals surface area contributed by atoms with Crippen molar-refractivity contribution in [3.05, 3.63) is 52.4 Å². The minimum atomic E-state index is -4.02. The van der Waals surface area contributed by atoms with E-state index in [0.29, 0.717) is 25.0 Å². The van der Waals surface area contributed by atoms with Gasteiger partial charge in [-0.05, 0) is 62.1 Å². The van der Waals surface area contributed by atoms with Crippen LogP contribution in [0, 0.1) is 0 Å². The largest absolute Gasteiger partial charge is 0.469 e. The predicted octanol–water partition coefficient (Wildman–Crippen LogP) is 4.12. The molecule has 0 saturated heterocycles. The normalized spacial score (nSPS) is 13.8. The summed E-state index contributed by atoms with van der Waals surface area (Å²) in [5.74, 6) is 1.07. The van der Waals surface area contributed by atoms with Gasteiger partial charge in [-0.1, -0.05) is 23.2 Å². The molecule has 10 heteroatoms. The van der Waals surface area contributed by atoms with Crippen molar-refractivity contribution in [2.75, 3.05) is 12.0 Å². The second kappa shape index (κ2) is 11.3. The summed E-state index contributed by atoms with van der Waals surface area (Å²) in [6, 6.07) is 6.79. The van der Waals surface area contributed by atoms with Crippen LogP contribution in [0.25, 0.3) is 0 Å². The highest BCUT2D eigenvalue weighted by molar-refractivity contribution is 7.98. The molecule has 0 spiro atoms. The van der Waals surface area contributed by atoms with E-state index in [1.807, 2.05) is 25.3 Å². The molecule has 1 amide bonds. The summed E-state index contributed by atoms with van der Waals surface area (Å²) in [5.41, 5.74) is 0. The Kier molecular flexibility index (Phi) is 9.36. The maximum Gasteiger partial charge on any atom is 0.242 e. The lowest BCUT2D eigenvalue weighted by molar-refractivity contribution is -0.123. The highest BCUT2D eigenvalue weighted by atomic mass is 35.5. The molecular weight excluding hydrogens is 455 g/mol. The van der Waals surface area contributed by atoms with Gasteiger partial charge in [0.05, 0.1) is 11.3 Å². The van der Waals surface area contributed by atoms with Crippen molar-refractivity contribution in [3.63, 3.8) is 0 Å². The lowest BCUT2D eigenvalue weighted by atomic mass is 10.1. The quantitative estimate of drug-likeness (QED) is 0.506. The van der Waals surface area contributed by atoms with Crippen LogP contribution in [0.1, 0.15) is 25.5 Å². The van der Waals surface area contributed by atoms with Gasteiger partial charge in [0.15, 0.2) is 0 Å². The molecule has 0 bridgehead atoms. The fourth-order valence-electron chi connectivity index (χ4n) is 2.64. The van der Waals surface area contributed by atoms with Crippen LogP contribution in [0.5, 0.6) is 0 Å². The number of hydrogen-bond acceptors (Lipinski definition) is 5. The van der Waals surface area contributed by atoms with E-state index >= 15 is 0 Å². The number of benzene rings is 1. The number of amides is 1. The zero-order valence-corrected chi connectivity index (χ0v) is 19.3. The molecule has 6 nitrogen and oxygen atoms in total. The predicted molar refractivity (Wildman–Crippen MR) is 118 cm³/mol. The minimum absolute atomic E-state index is 0.0396. The number of aryl methyl sites for hydroxylation is 1. The third-order valence-corrected chi connectivity index (χ3v) is 7.03. The number of halogens is 2. The molecule has 0 saturated carbocycles. The molecular formula is C19H24Cl2N2O4S2. The first-order valence-corrected chi connectivity index (χ1v) is 12.7. The third-order valence-electron chi connectivity index (χ3n) is 4.20. The van der Waals surface area contributed by atoms with Crippen LogP contribution in [-0.4, -0.2) is 38.4 Å². The molecule has 0 aliphatic carbocycles. The highest BCUT2D eigenvalue weighted by Crippen LogP contribution is 2.25. The summed E-state index contributed by atoms with van der Waals surface area (Å²) < 4.78 is 33.4. The van der Waals surface area contributed by atoms with E-state index in [1.165, 1.54) is 30.0 Å². The summed E-state index contributed by atoms with van der Waals surface area (Å²) >= 11 is 13.5. The third kappa shape index (κ3) is 7.53. The second-order valence-corrected chi connectivity index (χ2v) is 10.1. The fraction of sp³-hybridized carbons (Fsp3) is 0.421. The summed E-state index contributed by atoms with van der Waals surface area (Å²) in [4.78, 5) is 12.6. The van der Waals surface area contributed by atoms with Crippen molar-refractivity contribution in [3.8, 4) is 0 Å². The highest BCUT2D eigenvalue weighted by Gasteiger charge is 2.28. The van der Waals surface area contributed by atoms with Gasteiger partial charge in [-0.2, -0.15) is 16.5 Å². The Bertz CT molecular complexity index is 905. The molecule has 0 aliphatic heterocycles. The van der Waals surface area contributed by atoms with E-state index in [1.54, 1.807) is 6.26 Å². The summed E-state index contributed by atoms with van der Waals surface area (Å²) in [5, 5.41) is 3.16. The molecule has 1 heterocycles. The molecule has 2 rings (SSSR count). The smallest absolute Gasteiger partial charge is 0.242 e. The SMILES string of the molecule is CSCCC(NS(=O)(=O)c1cc(Cl)ccc1Cl)C(=O)NC(C)CCc1ccco1. The molecule has 160 valence electrons. The van der Waals surface area contributed by atoms with Crippen LogP contribution in [0.4, 0.5) is 0 Å². The van der Waals surface area contributed by atoms with Gasteiger partial charge in [-0.25, -0.2) is 8.42 Å². The number of sulfonamides is 1. The van der Waals surface area contributed by atoms with Crippen molar-refractivity contribution in [1.29, 1.82) is 0 Å². The van der Waals surface area contributed by atoms with Crippen molar-refractivity contribution in [2.24, 2.45) is 0 Å². The van der Waals surface area contributed by atoms with Crippen LogP contribution < -0.4 is 10.0 Å². The standard InChI is InChI=1S/C19H24Cl2N2O4S2/c1-13(5-7-15-4-3-10-27-15)22-19(24)17(9-11-28-2)23-29(25,26)18-12-14(20)6-8-16(18)21/h3-4,6,8,10,12-13,17,23H,5,7,9,11H2,1-2H3,(H,22,24). The molecule has 2 N–H and O–H groups in total. The summed E-state index contributed by atoms with van der Waals surface area (Å²) in [6.45, 7) is 1.87. The lowest BCUT2D eigenvalue weighted by Gasteiger charge is -2.21. The van der Waals surface area contributed by atoms with Crippen molar-refractivity contribution < 1.29 is 17.6 Å². The van der Waals surface area contributed by atoms with E-state index in [-0.39, 0.29) is 26.9 Å². The number of carbonyl (C=O) groups is 1. The molecule has 1 aromatic carbocycles. The van der Waals surface area contributed by atoms with Crippen LogP contribution in [0.2, 0.25) is 10.0 Å². The van der Waals surface area contributed by atoms with E-state index in [4.69, 9.17) is 27.6 Å². The van der Waals surface area contributed by atoms with Crippen LogP contribution >= 0.6 is 35.0 Å². The Hall–Kier alpha value is -1.19.